The second-order valence-corrected chi connectivity index (χ2v) is 7.06. The van der Waals surface area contributed by atoms with Crippen molar-refractivity contribution in [2.24, 2.45) is 4.99 Å². The van der Waals surface area contributed by atoms with Gasteiger partial charge in [-0.05, 0) is 30.5 Å². The first-order valence-corrected chi connectivity index (χ1v) is 9.79. The fraction of sp³-hybridized carbons (Fsp3) is 0.381. The van der Waals surface area contributed by atoms with Crippen LogP contribution in [0.15, 0.2) is 47.8 Å². The maximum atomic E-state index is 4.48. The van der Waals surface area contributed by atoms with Crippen molar-refractivity contribution in [3.8, 4) is 0 Å². The van der Waals surface area contributed by atoms with Crippen LogP contribution in [-0.4, -0.2) is 65.6 Å². The molecule has 0 spiro atoms. The van der Waals surface area contributed by atoms with Gasteiger partial charge >= 0.3 is 0 Å². The largest absolute Gasteiger partial charge is 0.361 e. The third-order valence-electron chi connectivity index (χ3n) is 5.31. The molecule has 2 aromatic heterocycles. The molecule has 1 saturated heterocycles. The monoisotopic (exact) mass is 505 g/mol. The minimum Gasteiger partial charge on any atom is -0.361 e. The highest BCUT2D eigenvalue weighted by Crippen LogP contribution is 2.21. The van der Waals surface area contributed by atoms with Crippen molar-refractivity contribution in [2.45, 2.75) is 13.3 Å². The Bertz CT molecular complexity index is 946. The fourth-order valence-electron chi connectivity index (χ4n) is 3.78. The van der Waals surface area contributed by atoms with Crippen molar-refractivity contribution in [3.63, 3.8) is 0 Å². The molecule has 2 N–H and O–H groups in total. The molecule has 3 heterocycles. The summed E-state index contributed by atoms with van der Waals surface area (Å²) in [7, 11) is 1.85. The average Bonchev–Trinajstić information content (AvgIpc) is 3.17. The lowest BCUT2D eigenvalue weighted by Crippen LogP contribution is -2.53. The highest BCUT2D eigenvalue weighted by Gasteiger charge is 2.21. The third-order valence-corrected chi connectivity index (χ3v) is 5.31. The van der Waals surface area contributed by atoms with E-state index in [2.05, 4.69) is 66.4 Å². The van der Waals surface area contributed by atoms with Crippen molar-refractivity contribution in [1.82, 2.24) is 25.2 Å². The predicted molar refractivity (Wildman–Crippen MR) is 129 cm³/mol. The number of aromatic amines is 1. The van der Waals surface area contributed by atoms with Gasteiger partial charge in [0.15, 0.2) is 5.96 Å². The fourth-order valence-corrected chi connectivity index (χ4v) is 3.78. The number of aromatic nitrogens is 3. The third kappa shape index (κ3) is 4.80. The molecule has 1 aliphatic rings. The Kier molecular flexibility index (Phi) is 7.29. The number of guanidine groups is 1. The summed E-state index contributed by atoms with van der Waals surface area (Å²) in [5, 5.41) is 4.84. The SMILES string of the molecule is CN=C(NCCc1c[nH]c2c(C)cccc12)N1CCN(c2ncccn2)CC1.I. The normalized spacial score (nSPS) is 14.8. The zero-order valence-electron chi connectivity index (χ0n) is 16.9. The number of para-hydroxylation sites is 1. The van der Waals surface area contributed by atoms with Crippen LogP contribution in [0.2, 0.25) is 0 Å². The summed E-state index contributed by atoms with van der Waals surface area (Å²) in [5.41, 5.74) is 3.86. The van der Waals surface area contributed by atoms with Crippen LogP contribution in [0.1, 0.15) is 11.1 Å². The molecule has 0 bridgehead atoms. The van der Waals surface area contributed by atoms with Crippen LogP contribution in [0.25, 0.3) is 10.9 Å². The first kappa shape index (κ1) is 21.4. The molecule has 1 aliphatic heterocycles. The van der Waals surface area contributed by atoms with E-state index >= 15 is 0 Å². The molecule has 4 rings (SSSR count). The van der Waals surface area contributed by atoms with Gasteiger partial charge in [-0.2, -0.15) is 0 Å². The topological polar surface area (TPSA) is 72.4 Å². The van der Waals surface area contributed by atoms with Crippen LogP contribution in [0, 0.1) is 6.92 Å². The second-order valence-electron chi connectivity index (χ2n) is 7.06. The van der Waals surface area contributed by atoms with Crippen LogP contribution in [0.5, 0.6) is 0 Å². The van der Waals surface area contributed by atoms with E-state index in [1.165, 1.54) is 22.0 Å². The van der Waals surface area contributed by atoms with Gasteiger partial charge in [-0.3, -0.25) is 4.99 Å². The Morgan fingerprint density at radius 1 is 1.14 bits per heavy atom. The maximum absolute atomic E-state index is 4.48. The van der Waals surface area contributed by atoms with Crippen molar-refractivity contribution in [1.29, 1.82) is 0 Å². The van der Waals surface area contributed by atoms with Gasteiger partial charge < -0.3 is 20.1 Å². The number of piperazine rings is 1. The Morgan fingerprint density at radius 3 is 2.62 bits per heavy atom. The highest BCUT2D eigenvalue weighted by atomic mass is 127. The number of hydrogen-bond donors (Lipinski definition) is 2. The van der Waals surface area contributed by atoms with E-state index in [0.29, 0.717) is 0 Å². The summed E-state index contributed by atoms with van der Waals surface area (Å²) in [6, 6.07) is 8.30. The summed E-state index contributed by atoms with van der Waals surface area (Å²) >= 11 is 0. The number of benzene rings is 1. The lowest BCUT2D eigenvalue weighted by Gasteiger charge is -2.36. The molecule has 7 nitrogen and oxygen atoms in total. The van der Waals surface area contributed by atoms with E-state index < -0.39 is 0 Å². The smallest absolute Gasteiger partial charge is 0.225 e. The van der Waals surface area contributed by atoms with Crippen LogP contribution in [-0.2, 0) is 6.42 Å². The average molecular weight is 505 g/mol. The number of H-pyrrole nitrogens is 1. The molecule has 29 heavy (non-hydrogen) atoms. The zero-order valence-corrected chi connectivity index (χ0v) is 19.3. The quantitative estimate of drug-likeness (QED) is 0.324. The molecule has 154 valence electrons. The summed E-state index contributed by atoms with van der Waals surface area (Å²) < 4.78 is 0. The van der Waals surface area contributed by atoms with Crippen LogP contribution >= 0.6 is 24.0 Å². The lowest BCUT2D eigenvalue weighted by atomic mass is 10.1. The molecule has 0 aliphatic carbocycles. The number of fused-ring (bicyclic) bond motifs is 1. The summed E-state index contributed by atoms with van der Waals surface area (Å²) in [6.07, 6.45) is 6.67. The number of halogens is 1. The molecule has 1 fully saturated rings. The second kappa shape index (κ2) is 9.91. The maximum Gasteiger partial charge on any atom is 0.225 e. The number of hydrogen-bond acceptors (Lipinski definition) is 4. The molecule has 0 amide bonds. The first-order chi connectivity index (χ1) is 13.8. The molecular formula is C21H28IN7. The molecule has 8 heteroatoms. The number of nitrogens with zero attached hydrogens (tertiary/aromatic N) is 5. The number of rotatable bonds is 4. The summed E-state index contributed by atoms with van der Waals surface area (Å²) in [4.78, 5) is 21.1. The van der Waals surface area contributed by atoms with Crippen molar-refractivity contribution in [2.75, 3.05) is 44.7 Å². The van der Waals surface area contributed by atoms with E-state index in [1.807, 2.05) is 13.1 Å². The Morgan fingerprint density at radius 2 is 1.90 bits per heavy atom. The van der Waals surface area contributed by atoms with E-state index in [0.717, 1.165) is 51.1 Å². The molecule has 1 aromatic carbocycles. The first-order valence-electron chi connectivity index (χ1n) is 9.79. The molecule has 0 saturated carbocycles. The molecular weight excluding hydrogens is 477 g/mol. The van der Waals surface area contributed by atoms with Gasteiger partial charge in [0.25, 0.3) is 0 Å². The van der Waals surface area contributed by atoms with E-state index in [1.54, 1.807) is 12.4 Å². The number of nitrogens with one attached hydrogen (secondary N) is 2. The summed E-state index contributed by atoms with van der Waals surface area (Å²) in [6.45, 7) is 6.60. The predicted octanol–water partition coefficient (Wildman–Crippen LogP) is 2.82. The molecule has 3 aromatic rings. The lowest BCUT2D eigenvalue weighted by molar-refractivity contribution is 0.370. The Balaban J connectivity index is 0.00000240. The number of aryl methyl sites for hydroxylation is 1. The number of anilines is 1. The van der Waals surface area contributed by atoms with Gasteiger partial charge in [0, 0.05) is 69.3 Å². The minimum atomic E-state index is 0. The van der Waals surface area contributed by atoms with Crippen LogP contribution in [0.4, 0.5) is 5.95 Å². The van der Waals surface area contributed by atoms with E-state index in [-0.39, 0.29) is 24.0 Å². The van der Waals surface area contributed by atoms with Crippen molar-refractivity contribution < 1.29 is 0 Å². The van der Waals surface area contributed by atoms with Gasteiger partial charge in [-0.1, -0.05) is 18.2 Å². The molecule has 0 unspecified atom stereocenters. The molecule has 0 radical (unpaired) electrons. The Labute approximate surface area is 188 Å². The minimum absolute atomic E-state index is 0. The standard InChI is InChI=1S/C21H27N7.HI/c1-16-5-3-6-18-17(15-26-19(16)18)7-10-25-20(22-2)27-11-13-28(14-12-27)21-23-8-4-9-24-21;/h3-6,8-9,15,26H,7,10-14H2,1-2H3,(H,22,25);1H. The van der Waals surface area contributed by atoms with Gasteiger partial charge in [0.05, 0.1) is 0 Å². The van der Waals surface area contributed by atoms with Crippen LogP contribution in [0.3, 0.4) is 0 Å². The zero-order chi connectivity index (χ0) is 19.3. The molecule has 0 atom stereocenters. The van der Waals surface area contributed by atoms with Gasteiger partial charge in [-0.15, -0.1) is 24.0 Å². The van der Waals surface area contributed by atoms with Gasteiger partial charge in [0.2, 0.25) is 5.95 Å². The highest BCUT2D eigenvalue weighted by molar-refractivity contribution is 14.0. The Hall–Kier alpha value is -2.36. The number of aliphatic imine (C=N–C) groups is 1. The summed E-state index contributed by atoms with van der Waals surface area (Å²) in [5.74, 6) is 1.77. The van der Waals surface area contributed by atoms with Crippen LogP contribution < -0.4 is 10.2 Å². The van der Waals surface area contributed by atoms with Crippen molar-refractivity contribution in [3.05, 3.63) is 54.0 Å². The van der Waals surface area contributed by atoms with Gasteiger partial charge in [-0.25, -0.2) is 9.97 Å². The van der Waals surface area contributed by atoms with Crippen molar-refractivity contribution >= 4 is 46.8 Å². The van der Waals surface area contributed by atoms with Gasteiger partial charge in [0.1, 0.15) is 0 Å². The van der Waals surface area contributed by atoms with E-state index in [4.69, 9.17) is 0 Å². The van der Waals surface area contributed by atoms with E-state index in [9.17, 15) is 0 Å².